The van der Waals surface area contributed by atoms with Crippen molar-refractivity contribution in [2.45, 2.75) is 0 Å². The van der Waals surface area contributed by atoms with Crippen molar-refractivity contribution < 1.29 is 0 Å². The molecule has 7 aromatic rings. The van der Waals surface area contributed by atoms with Crippen molar-refractivity contribution in [1.82, 2.24) is 0 Å². The fourth-order valence-electron chi connectivity index (χ4n) is 7.08. The maximum atomic E-state index is 2.38. The molecular formula is C40H24. The van der Waals surface area contributed by atoms with E-state index < -0.39 is 0 Å². The van der Waals surface area contributed by atoms with E-state index in [1.165, 1.54) is 88.0 Å². The third kappa shape index (κ3) is 2.91. The lowest BCUT2D eigenvalue weighted by atomic mass is 9.88. The second kappa shape index (κ2) is 8.15. The number of benzene rings is 7. The molecule has 0 heteroatoms. The molecule has 0 unspecified atom stereocenters. The van der Waals surface area contributed by atoms with Crippen molar-refractivity contribution in [2.24, 2.45) is 0 Å². The number of rotatable bonds is 2. The summed E-state index contributed by atoms with van der Waals surface area (Å²) in [4.78, 5) is 0. The predicted octanol–water partition coefficient (Wildman–Crippen LogP) is 10.4. The summed E-state index contributed by atoms with van der Waals surface area (Å²) < 4.78 is 0. The zero-order chi connectivity index (χ0) is 26.2. The molecular weight excluding hydrogens is 480 g/mol. The molecule has 0 aliphatic heterocycles. The van der Waals surface area contributed by atoms with E-state index >= 15 is 0 Å². The van der Waals surface area contributed by atoms with Crippen LogP contribution < -0.4 is 0 Å². The van der Waals surface area contributed by atoms with Gasteiger partial charge in [-0.2, -0.15) is 0 Å². The molecule has 0 aromatic heterocycles. The minimum absolute atomic E-state index is 1.27. The van der Waals surface area contributed by atoms with Gasteiger partial charge in [-0.25, -0.2) is 0 Å². The smallest absolute Gasteiger partial charge is 0.000741 e. The molecule has 0 fully saturated rings. The number of fused-ring (bicyclic) bond motifs is 8. The fraction of sp³-hybridized carbons (Fsp3) is 0. The molecule has 0 radical (unpaired) electrons. The summed E-state index contributed by atoms with van der Waals surface area (Å²) in [6, 6.07) is 53.7. The minimum Gasteiger partial charge on any atom is -0.0616 e. The summed E-state index contributed by atoms with van der Waals surface area (Å²) in [6.45, 7) is 0. The Bertz CT molecular complexity index is 2250. The molecule has 0 N–H and O–H groups in total. The van der Waals surface area contributed by atoms with Crippen molar-refractivity contribution >= 4 is 54.6 Å². The Balaban J connectivity index is 1.45. The lowest BCUT2D eigenvalue weighted by molar-refractivity contribution is 1.54. The summed E-state index contributed by atoms with van der Waals surface area (Å²) in [7, 11) is 0. The Morgan fingerprint density at radius 3 is 1.25 bits per heavy atom. The van der Waals surface area contributed by atoms with Crippen LogP contribution in [-0.2, 0) is 0 Å². The highest BCUT2D eigenvalue weighted by atomic mass is 14.4. The molecule has 184 valence electrons. The van der Waals surface area contributed by atoms with Crippen LogP contribution in [0.3, 0.4) is 0 Å². The molecule has 7 aromatic carbocycles. The van der Waals surface area contributed by atoms with Crippen molar-refractivity contribution in [3.05, 3.63) is 179 Å². The summed E-state index contributed by atoms with van der Waals surface area (Å²) in [6.07, 6.45) is 0. The molecule has 0 heterocycles. The minimum atomic E-state index is 1.27. The quantitative estimate of drug-likeness (QED) is 0.205. The van der Waals surface area contributed by atoms with E-state index in [9.17, 15) is 0 Å². The van der Waals surface area contributed by atoms with Crippen LogP contribution in [0.25, 0.3) is 54.6 Å². The van der Waals surface area contributed by atoms with Gasteiger partial charge in [0.15, 0.2) is 0 Å². The number of allylic oxidation sites excluding steroid dienone is 2. The average Bonchev–Trinajstić information content (AvgIpc) is 3.52. The molecule has 0 saturated carbocycles. The van der Waals surface area contributed by atoms with Crippen molar-refractivity contribution in [1.29, 1.82) is 0 Å². The Morgan fingerprint density at radius 2 is 0.625 bits per heavy atom. The highest BCUT2D eigenvalue weighted by Gasteiger charge is 2.37. The van der Waals surface area contributed by atoms with Crippen LogP contribution in [0.4, 0.5) is 0 Å². The van der Waals surface area contributed by atoms with Gasteiger partial charge < -0.3 is 0 Å². The standard InChI is InChI=1S/C40H24/c1-2-13-27-24-36-28(23-26(27)12-1)15-10-22-35(36)38-32-18-6-8-20-34(32)39-37(31-17-5-7-19-33(31)40(38)39)30-21-9-14-25-11-3-4-16-29(25)30/h1-24H. The van der Waals surface area contributed by atoms with Gasteiger partial charge in [-0.05, 0) is 100 Å². The molecule has 2 aliphatic rings. The fourth-order valence-corrected chi connectivity index (χ4v) is 7.08. The topological polar surface area (TPSA) is 0 Å². The van der Waals surface area contributed by atoms with Gasteiger partial charge in [-0.1, -0.05) is 133 Å². The second-order valence-corrected chi connectivity index (χ2v) is 10.8. The number of hydrogen-bond acceptors (Lipinski definition) is 0. The third-order valence-corrected chi connectivity index (χ3v) is 8.76. The van der Waals surface area contributed by atoms with Gasteiger partial charge in [0.2, 0.25) is 0 Å². The van der Waals surface area contributed by atoms with Crippen molar-refractivity contribution in [3.8, 4) is 0 Å². The van der Waals surface area contributed by atoms with Crippen LogP contribution in [0, 0.1) is 0 Å². The average molecular weight is 505 g/mol. The highest BCUT2D eigenvalue weighted by molar-refractivity contribution is 6.37. The van der Waals surface area contributed by atoms with Crippen LogP contribution in [0.1, 0.15) is 33.4 Å². The molecule has 9 rings (SSSR count). The summed E-state index contributed by atoms with van der Waals surface area (Å²) in [5.41, 5.74) is 13.3. The van der Waals surface area contributed by atoms with Crippen molar-refractivity contribution in [3.63, 3.8) is 0 Å². The van der Waals surface area contributed by atoms with E-state index in [-0.39, 0.29) is 0 Å². The van der Waals surface area contributed by atoms with Gasteiger partial charge in [0, 0.05) is 0 Å². The maximum absolute atomic E-state index is 2.38. The zero-order valence-corrected chi connectivity index (χ0v) is 21.9. The number of hydrogen-bond donors (Lipinski definition) is 0. The SMILES string of the molecule is c1ccc2c(c1)C1=C(c3cccc4cc5ccccc5cc34)c3ccccc3C1=C2c1cccc2ccccc12. The predicted molar refractivity (Wildman–Crippen MR) is 170 cm³/mol. The van der Waals surface area contributed by atoms with E-state index in [4.69, 9.17) is 0 Å². The highest BCUT2D eigenvalue weighted by Crippen LogP contribution is 2.59. The maximum Gasteiger partial charge on any atom is -0.000741 e. The molecule has 0 nitrogen and oxygen atoms in total. The van der Waals surface area contributed by atoms with Gasteiger partial charge in [-0.3, -0.25) is 0 Å². The van der Waals surface area contributed by atoms with Crippen molar-refractivity contribution in [2.75, 3.05) is 0 Å². The first kappa shape index (κ1) is 21.7. The van der Waals surface area contributed by atoms with Crippen LogP contribution in [0.5, 0.6) is 0 Å². The normalized spacial score (nSPS) is 13.8. The second-order valence-electron chi connectivity index (χ2n) is 10.8. The van der Waals surface area contributed by atoms with E-state index in [2.05, 4.69) is 146 Å². The van der Waals surface area contributed by atoms with E-state index in [0.717, 1.165) is 0 Å². The first-order valence-corrected chi connectivity index (χ1v) is 14.0. The molecule has 0 saturated heterocycles. The molecule has 0 spiro atoms. The Labute approximate surface area is 233 Å². The van der Waals surface area contributed by atoms with E-state index in [0.29, 0.717) is 0 Å². The van der Waals surface area contributed by atoms with E-state index in [1.807, 2.05) is 0 Å². The molecule has 2 aliphatic carbocycles. The Hall–Kier alpha value is -5.20. The van der Waals surface area contributed by atoms with Gasteiger partial charge in [-0.15, -0.1) is 0 Å². The largest absolute Gasteiger partial charge is 0.0616 e. The van der Waals surface area contributed by atoms with Gasteiger partial charge in [0.25, 0.3) is 0 Å². The lowest BCUT2D eigenvalue weighted by Gasteiger charge is -2.14. The Kier molecular flexibility index (Phi) is 4.42. The van der Waals surface area contributed by atoms with Gasteiger partial charge in [0.1, 0.15) is 0 Å². The molecule has 0 amide bonds. The lowest BCUT2D eigenvalue weighted by Crippen LogP contribution is -1.94. The summed E-state index contributed by atoms with van der Waals surface area (Å²) in [5, 5.41) is 7.71. The monoisotopic (exact) mass is 504 g/mol. The van der Waals surface area contributed by atoms with Gasteiger partial charge in [0.05, 0.1) is 0 Å². The summed E-state index contributed by atoms with van der Waals surface area (Å²) >= 11 is 0. The van der Waals surface area contributed by atoms with Crippen LogP contribution in [-0.4, -0.2) is 0 Å². The molecule has 40 heavy (non-hydrogen) atoms. The van der Waals surface area contributed by atoms with E-state index in [1.54, 1.807) is 0 Å². The van der Waals surface area contributed by atoms with Crippen LogP contribution in [0.2, 0.25) is 0 Å². The zero-order valence-electron chi connectivity index (χ0n) is 21.9. The molecule has 0 bridgehead atoms. The summed E-state index contributed by atoms with van der Waals surface area (Å²) in [5.74, 6) is 0. The van der Waals surface area contributed by atoms with Crippen LogP contribution in [0.15, 0.2) is 146 Å². The Morgan fingerprint density at radius 1 is 0.225 bits per heavy atom. The third-order valence-electron chi connectivity index (χ3n) is 8.76. The molecule has 0 atom stereocenters. The van der Waals surface area contributed by atoms with Gasteiger partial charge >= 0.3 is 0 Å². The van der Waals surface area contributed by atoms with Crippen LogP contribution >= 0.6 is 0 Å². The first-order chi connectivity index (χ1) is 19.9. The first-order valence-electron chi connectivity index (χ1n) is 14.0.